The lowest BCUT2D eigenvalue weighted by atomic mass is 9.77. The van der Waals surface area contributed by atoms with Gasteiger partial charge in [0.25, 0.3) is 0 Å². The molecular weight excluding hydrogens is 350 g/mol. The zero-order valence-corrected chi connectivity index (χ0v) is 18.7. The summed E-state index contributed by atoms with van der Waals surface area (Å²) in [4.78, 5) is 0. The molecule has 0 amide bonds. The summed E-state index contributed by atoms with van der Waals surface area (Å²) in [5, 5.41) is 0. The fourth-order valence-electron chi connectivity index (χ4n) is 4.73. The SMILES string of the molecule is CC=CCC(C)c1ccccc1/C(N)=C1\CC(CC)=C(C)C\C1=C1/C=CCCC1. The molecule has 1 nitrogen and oxygen atoms in total. The second-order valence-corrected chi connectivity index (χ2v) is 8.57. The normalized spacial score (nSPS) is 23.0. The second kappa shape index (κ2) is 9.96. The van der Waals surface area contributed by atoms with Crippen LogP contribution in [0.2, 0.25) is 0 Å². The van der Waals surface area contributed by atoms with Crippen LogP contribution in [0.3, 0.4) is 0 Å². The lowest BCUT2D eigenvalue weighted by Gasteiger charge is -2.28. The van der Waals surface area contributed by atoms with Gasteiger partial charge in [-0.3, -0.25) is 0 Å². The number of allylic oxidation sites excluding steroid dienone is 9. The Balaban J connectivity index is 2.14. The smallest absolute Gasteiger partial charge is 0.0429 e. The molecule has 1 atom stereocenters. The molecule has 0 saturated heterocycles. The van der Waals surface area contributed by atoms with Crippen molar-refractivity contribution in [2.45, 2.75) is 78.6 Å². The maximum absolute atomic E-state index is 6.98. The van der Waals surface area contributed by atoms with Crippen molar-refractivity contribution in [1.82, 2.24) is 0 Å². The molecule has 0 bridgehead atoms. The molecule has 1 unspecified atom stereocenters. The van der Waals surface area contributed by atoms with Gasteiger partial charge < -0.3 is 5.73 Å². The van der Waals surface area contributed by atoms with E-state index in [2.05, 4.69) is 76.3 Å². The van der Waals surface area contributed by atoms with Crippen molar-refractivity contribution < 1.29 is 0 Å². The third kappa shape index (κ3) is 4.83. The first-order chi connectivity index (χ1) is 14.1. The zero-order valence-electron chi connectivity index (χ0n) is 18.7. The molecule has 1 aromatic carbocycles. The lowest BCUT2D eigenvalue weighted by Crippen LogP contribution is -2.14. The van der Waals surface area contributed by atoms with E-state index in [1.54, 1.807) is 11.1 Å². The third-order valence-corrected chi connectivity index (χ3v) is 6.58. The molecule has 2 aliphatic carbocycles. The Morgan fingerprint density at radius 2 is 2.00 bits per heavy atom. The predicted octanol–water partition coefficient (Wildman–Crippen LogP) is 7.98. The summed E-state index contributed by atoms with van der Waals surface area (Å²) >= 11 is 0. The number of nitrogens with two attached hydrogens (primary N) is 1. The molecular formula is C28H37N. The molecule has 0 radical (unpaired) electrons. The van der Waals surface area contributed by atoms with Gasteiger partial charge in [-0.05, 0) is 87.0 Å². The van der Waals surface area contributed by atoms with Crippen LogP contribution < -0.4 is 5.73 Å². The topological polar surface area (TPSA) is 26.0 Å². The van der Waals surface area contributed by atoms with Gasteiger partial charge in [0, 0.05) is 11.3 Å². The number of rotatable bonds is 5. The Bertz CT molecular complexity index is 889. The Morgan fingerprint density at radius 1 is 1.21 bits per heavy atom. The maximum Gasteiger partial charge on any atom is 0.0429 e. The van der Waals surface area contributed by atoms with Gasteiger partial charge in [0.1, 0.15) is 0 Å². The molecule has 0 heterocycles. The van der Waals surface area contributed by atoms with E-state index in [4.69, 9.17) is 5.73 Å². The Morgan fingerprint density at radius 3 is 2.69 bits per heavy atom. The fraction of sp³-hybridized carbons (Fsp3) is 0.429. The molecule has 1 aromatic rings. The van der Waals surface area contributed by atoms with Crippen LogP contribution in [0.15, 0.2) is 76.4 Å². The predicted molar refractivity (Wildman–Crippen MR) is 128 cm³/mol. The van der Waals surface area contributed by atoms with E-state index < -0.39 is 0 Å². The van der Waals surface area contributed by atoms with E-state index >= 15 is 0 Å². The van der Waals surface area contributed by atoms with Gasteiger partial charge in [-0.15, -0.1) is 0 Å². The van der Waals surface area contributed by atoms with Crippen LogP contribution in [0.25, 0.3) is 5.70 Å². The van der Waals surface area contributed by atoms with Crippen LogP contribution in [0.4, 0.5) is 0 Å². The van der Waals surface area contributed by atoms with Gasteiger partial charge in [-0.25, -0.2) is 0 Å². The molecule has 0 fully saturated rings. The largest absolute Gasteiger partial charge is 0.398 e. The summed E-state index contributed by atoms with van der Waals surface area (Å²) in [6.07, 6.45) is 16.9. The average molecular weight is 388 g/mol. The Kier molecular flexibility index (Phi) is 7.36. The standard InChI is InChI=1S/C28H37N/c1-5-7-13-20(3)24-16-11-12-17-25(24)28(29)27-19-22(6-2)21(4)18-26(27)23-14-9-8-10-15-23/h5,7,9,11-12,14,16-17,20H,6,8,10,13,15,18-19,29H2,1-4H3/b7-5?,26-23-,28-27-. The van der Waals surface area contributed by atoms with Crippen molar-refractivity contribution in [3.63, 3.8) is 0 Å². The van der Waals surface area contributed by atoms with Crippen LogP contribution in [-0.2, 0) is 0 Å². The highest BCUT2D eigenvalue weighted by molar-refractivity contribution is 5.75. The molecule has 0 aromatic heterocycles. The minimum Gasteiger partial charge on any atom is -0.398 e. The van der Waals surface area contributed by atoms with Crippen LogP contribution in [0.5, 0.6) is 0 Å². The van der Waals surface area contributed by atoms with Crippen molar-refractivity contribution >= 4 is 5.70 Å². The first-order valence-corrected chi connectivity index (χ1v) is 11.3. The highest BCUT2D eigenvalue weighted by Crippen LogP contribution is 2.42. The minimum absolute atomic E-state index is 0.457. The monoisotopic (exact) mass is 387 g/mol. The molecule has 3 rings (SSSR count). The van der Waals surface area contributed by atoms with Crippen LogP contribution in [-0.4, -0.2) is 0 Å². The molecule has 154 valence electrons. The molecule has 29 heavy (non-hydrogen) atoms. The van der Waals surface area contributed by atoms with Gasteiger partial charge in [0.15, 0.2) is 0 Å². The second-order valence-electron chi connectivity index (χ2n) is 8.57. The van der Waals surface area contributed by atoms with Crippen molar-refractivity contribution in [3.8, 4) is 0 Å². The van der Waals surface area contributed by atoms with Gasteiger partial charge in [0.05, 0.1) is 0 Å². The summed E-state index contributed by atoms with van der Waals surface area (Å²) in [5.41, 5.74) is 18.0. The summed E-state index contributed by atoms with van der Waals surface area (Å²) in [6.45, 7) is 8.99. The number of hydrogen-bond acceptors (Lipinski definition) is 1. The van der Waals surface area contributed by atoms with Gasteiger partial charge in [-0.2, -0.15) is 0 Å². The molecule has 0 saturated carbocycles. The third-order valence-electron chi connectivity index (χ3n) is 6.58. The maximum atomic E-state index is 6.98. The quantitative estimate of drug-likeness (QED) is 0.509. The fourth-order valence-corrected chi connectivity index (χ4v) is 4.73. The first-order valence-electron chi connectivity index (χ1n) is 11.3. The van der Waals surface area contributed by atoms with E-state index in [1.807, 2.05) is 0 Å². The van der Waals surface area contributed by atoms with E-state index in [1.165, 1.54) is 47.1 Å². The summed E-state index contributed by atoms with van der Waals surface area (Å²) in [5.74, 6) is 0.457. The van der Waals surface area contributed by atoms with E-state index in [-0.39, 0.29) is 0 Å². The Hall–Kier alpha value is -2.28. The summed E-state index contributed by atoms with van der Waals surface area (Å²) < 4.78 is 0. The first kappa shape index (κ1) is 21.4. The highest BCUT2D eigenvalue weighted by Gasteiger charge is 2.24. The number of benzene rings is 1. The zero-order chi connectivity index (χ0) is 20.8. The van der Waals surface area contributed by atoms with Crippen LogP contribution >= 0.6 is 0 Å². The average Bonchev–Trinajstić information content (AvgIpc) is 2.77. The highest BCUT2D eigenvalue weighted by atomic mass is 14.6. The van der Waals surface area contributed by atoms with E-state index in [9.17, 15) is 0 Å². The van der Waals surface area contributed by atoms with Crippen molar-refractivity contribution in [1.29, 1.82) is 0 Å². The van der Waals surface area contributed by atoms with Gasteiger partial charge >= 0.3 is 0 Å². The van der Waals surface area contributed by atoms with Crippen LogP contribution in [0.1, 0.15) is 89.7 Å². The molecule has 2 N–H and O–H groups in total. The minimum atomic E-state index is 0.457. The van der Waals surface area contributed by atoms with Gasteiger partial charge in [0.2, 0.25) is 0 Å². The van der Waals surface area contributed by atoms with Crippen molar-refractivity contribution in [2.24, 2.45) is 5.73 Å². The number of hydrogen-bond donors (Lipinski definition) is 1. The molecule has 1 heteroatoms. The molecule has 0 aliphatic heterocycles. The van der Waals surface area contributed by atoms with E-state index in [0.29, 0.717) is 5.92 Å². The van der Waals surface area contributed by atoms with Crippen LogP contribution in [0, 0.1) is 0 Å². The van der Waals surface area contributed by atoms with Crippen molar-refractivity contribution in [2.75, 3.05) is 0 Å². The van der Waals surface area contributed by atoms with Gasteiger partial charge in [-0.1, -0.05) is 73.6 Å². The Labute approximate surface area is 177 Å². The summed E-state index contributed by atoms with van der Waals surface area (Å²) in [6, 6.07) is 8.76. The molecule has 2 aliphatic rings. The molecule has 0 spiro atoms. The van der Waals surface area contributed by atoms with E-state index in [0.717, 1.165) is 31.4 Å². The van der Waals surface area contributed by atoms with Crippen molar-refractivity contribution in [3.05, 3.63) is 87.6 Å². The lowest BCUT2D eigenvalue weighted by molar-refractivity contribution is 0.775. The summed E-state index contributed by atoms with van der Waals surface area (Å²) in [7, 11) is 0.